The van der Waals surface area contributed by atoms with Gasteiger partial charge in [-0.05, 0) is 54.6 Å². The predicted molar refractivity (Wildman–Crippen MR) is 141 cm³/mol. The van der Waals surface area contributed by atoms with E-state index in [1.165, 1.54) is 0 Å². The summed E-state index contributed by atoms with van der Waals surface area (Å²) >= 11 is 0. The minimum absolute atomic E-state index is 0.00704. The first kappa shape index (κ1) is 21.5. The van der Waals surface area contributed by atoms with Crippen molar-refractivity contribution < 1.29 is 9.59 Å². The van der Waals surface area contributed by atoms with Crippen molar-refractivity contribution in [1.29, 1.82) is 0 Å². The Bertz CT molecular complexity index is 1620. The second kappa shape index (κ2) is 8.66. The molecule has 1 aliphatic heterocycles. The van der Waals surface area contributed by atoms with Crippen LogP contribution in [0.5, 0.6) is 0 Å². The van der Waals surface area contributed by atoms with E-state index in [1.807, 2.05) is 66.9 Å². The van der Waals surface area contributed by atoms with Crippen LogP contribution in [0.1, 0.15) is 15.9 Å². The minimum Gasteiger partial charge on any atom is -0.361 e. The lowest BCUT2D eigenvalue weighted by Crippen LogP contribution is -2.26. The van der Waals surface area contributed by atoms with Crippen molar-refractivity contribution in [2.24, 2.45) is 0 Å². The highest BCUT2D eigenvalue weighted by molar-refractivity contribution is 6.05. The van der Waals surface area contributed by atoms with E-state index in [0.717, 1.165) is 44.8 Å². The molecule has 3 aromatic carbocycles. The number of likely N-dealkylation sites (N-methyl/N-ethyl adjacent to an activating group) is 1. The van der Waals surface area contributed by atoms with Crippen molar-refractivity contribution in [2.45, 2.75) is 6.42 Å². The molecular weight excluding hydrogens is 452 g/mol. The van der Waals surface area contributed by atoms with E-state index in [-0.39, 0.29) is 18.2 Å². The van der Waals surface area contributed by atoms with E-state index in [9.17, 15) is 9.59 Å². The SMILES string of the molecule is CN1C(=O)Cc2cnc(Nc3ccc(C(=O)Nc4ccc5[nH]ccc5c4)cc3)nc2-c2ccccc21. The summed E-state index contributed by atoms with van der Waals surface area (Å²) < 4.78 is 0. The molecule has 2 amide bonds. The number of carbonyl (C=O) groups is 2. The first-order valence-electron chi connectivity index (χ1n) is 11.5. The Hall–Kier alpha value is -4.98. The van der Waals surface area contributed by atoms with Gasteiger partial charge in [-0.25, -0.2) is 9.97 Å². The molecule has 36 heavy (non-hydrogen) atoms. The van der Waals surface area contributed by atoms with E-state index >= 15 is 0 Å². The lowest BCUT2D eigenvalue weighted by molar-refractivity contribution is -0.117. The maximum atomic E-state index is 12.7. The number of hydrogen-bond acceptors (Lipinski definition) is 5. The lowest BCUT2D eigenvalue weighted by Gasteiger charge is -2.16. The summed E-state index contributed by atoms with van der Waals surface area (Å²) in [7, 11) is 1.77. The molecule has 0 saturated heterocycles. The number of carbonyl (C=O) groups excluding carboxylic acids is 2. The third kappa shape index (κ3) is 3.94. The normalized spacial score (nSPS) is 12.6. The van der Waals surface area contributed by atoms with Crippen molar-refractivity contribution in [3.05, 3.63) is 96.3 Å². The molecule has 0 saturated carbocycles. The van der Waals surface area contributed by atoms with Gasteiger partial charge in [-0.3, -0.25) is 9.59 Å². The summed E-state index contributed by atoms with van der Waals surface area (Å²) in [5, 5.41) is 7.18. The molecule has 3 heterocycles. The van der Waals surface area contributed by atoms with Gasteiger partial charge in [0.15, 0.2) is 0 Å². The van der Waals surface area contributed by atoms with E-state index in [0.29, 0.717) is 11.5 Å². The fourth-order valence-corrected chi connectivity index (χ4v) is 4.38. The molecule has 0 bridgehead atoms. The number of fused-ring (bicyclic) bond motifs is 4. The van der Waals surface area contributed by atoms with Crippen molar-refractivity contribution in [3.63, 3.8) is 0 Å². The topological polar surface area (TPSA) is 103 Å². The van der Waals surface area contributed by atoms with E-state index < -0.39 is 0 Å². The summed E-state index contributed by atoms with van der Waals surface area (Å²) in [5.41, 5.74) is 6.25. The fourth-order valence-electron chi connectivity index (χ4n) is 4.38. The first-order valence-corrected chi connectivity index (χ1v) is 11.5. The van der Waals surface area contributed by atoms with Gasteiger partial charge in [0.2, 0.25) is 11.9 Å². The van der Waals surface area contributed by atoms with Gasteiger partial charge in [0, 0.05) is 58.4 Å². The van der Waals surface area contributed by atoms with Gasteiger partial charge in [0.05, 0.1) is 17.8 Å². The Morgan fingerprint density at radius 1 is 1.00 bits per heavy atom. The standard InChI is InChI=1S/C28H22N6O2/c1-34-24-5-3-2-4-22(24)26-19(15-25(34)35)16-30-28(33-26)32-20-8-6-17(7-9-20)27(36)31-21-10-11-23-18(14-21)12-13-29-23/h2-14,16,29H,15H2,1H3,(H,31,36)(H,30,32,33). The molecule has 8 heteroatoms. The molecule has 0 radical (unpaired) electrons. The maximum absolute atomic E-state index is 12.7. The van der Waals surface area contributed by atoms with E-state index in [1.54, 1.807) is 30.3 Å². The van der Waals surface area contributed by atoms with Gasteiger partial charge in [-0.2, -0.15) is 0 Å². The van der Waals surface area contributed by atoms with Crippen LogP contribution in [-0.4, -0.2) is 33.8 Å². The molecule has 0 unspecified atom stereocenters. The summed E-state index contributed by atoms with van der Waals surface area (Å²) in [5.74, 6) is 0.216. The number of aromatic nitrogens is 3. The summed E-state index contributed by atoms with van der Waals surface area (Å²) in [6.45, 7) is 0. The molecule has 2 aromatic heterocycles. The monoisotopic (exact) mass is 474 g/mol. The fraction of sp³-hybridized carbons (Fsp3) is 0.0714. The van der Waals surface area contributed by atoms with Crippen molar-refractivity contribution >= 4 is 45.7 Å². The molecule has 0 atom stereocenters. The average Bonchev–Trinajstić information content (AvgIpc) is 3.34. The molecule has 0 spiro atoms. The van der Waals surface area contributed by atoms with Gasteiger partial charge >= 0.3 is 0 Å². The van der Waals surface area contributed by atoms with Crippen molar-refractivity contribution in [3.8, 4) is 11.3 Å². The zero-order valence-electron chi connectivity index (χ0n) is 19.4. The molecule has 1 aliphatic rings. The van der Waals surface area contributed by atoms with Crippen molar-refractivity contribution in [2.75, 3.05) is 22.6 Å². The number of nitrogens with one attached hydrogen (secondary N) is 3. The third-order valence-corrected chi connectivity index (χ3v) is 6.32. The molecule has 176 valence electrons. The molecule has 0 fully saturated rings. The van der Waals surface area contributed by atoms with Crippen LogP contribution >= 0.6 is 0 Å². The predicted octanol–water partition coefficient (Wildman–Crippen LogP) is 5.14. The second-order valence-electron chi connectivity index (χ2n) is 8.65. The van der Waals surface area contributed by atoms with Crippen LogP contribution in [0.4, 0.5) is 23.0 Å². The van der Waals surface area contributed by atoms with Crippen LogP contribution in [0.2, 0.25) is 0 Å². The second-order valence-corrected chi connectivity index (χ2v) is 8.65. The summed E-state index contributed by atoms with van der Waals surface area (Å²) in [6, 6.07) is 22.5. The minimum atomic E-state index is -0.192. The van der Waals surface area contributed by atoms with Crippen LogP contribution in [0.25, 0.3) is 22.2 Å². The molecule has 6 rings (SSSR count). The number of benzene rings is 3. The third-order valence-electron chi connectivity index (χ3n) is 6.32. The zero-order chi connectivity index (χ0) is 24.6. The van der Waals surface area contributed by atoms with Gasteiger partial charge in [0.25, 0.3) is 5.91 Å². The Labute approximate surface area is 207 Å². The Balaban J connectivity index is 1.21. The Morgan fingerprint density at radius 2 is 1.81 bits per heavy atom. The highest BCUT2D eigenvalue weighted by atomic mass is 16.2. The van der Waals surface area contributed by atoms with Gasteiger partial charge in [-0.1, -0.05) is 18.2 Å². The zero-order valence-corrected chi connectivity index (χ0v) is 19.4. The highest BCUT2D eigenvalue weighted by Crippen LogP contribution is 2.35. The number of rotatable bonds is 4. The highest BCUT2D eigenvalue weighted by Gasteiger charge is 2.24. The molecular formula is C28H22N6O2. The molecule has 3 N–H and O–H groups in total. The largest absolute Gasteiger partial charge is 0.361 e. The number of H-pyrrole nitrogens is 1. The molecule has 5 aromatic rings. The van der Waals surface area contributed by atoms with Crippen LogP contribution in [0.3, 0.4) is 0 Å². The number of amides is 2. The van der Waals surface area contributed by atoms with Gasteiger partial charge < -0.3 is 20.5 Å². The lowest BCUT2D eigenvalue weighted by atomic mass is 10.1. The summed E-state index contributed by atoms with van der Waals surface area (Å²) in [4.78, 5) is 39.3. The molecule has 0 aliphatic carbocycles. The number of nitrogens with zero attached hydrogens (tertiary/aromatic N) is 3. The Morgan fingerprint density at radius 3 is 2.67 bits per heavy atom. The summed E-state index contributed by atoms with van der Waals surface area (Å²) in [6.07, 6.45) is 3.80. The van der Waals surface area contributed by atoms with E-state index in [4.69, 9.17) is 4.98 Å². The first-order chi connectivity index (χ1) is 17.5. The number of aromatic amines is 1. The maximum Gasteiger partial charge on any atom is 0.255 e. The number of hydrogen-bond donors (Lipinski definition) is 3. The quantitative estimate of drug-likeness (QED) is 0.335. The smallest absolute Gasteiger partial charge is 0.255 e. The van der Waals surface area contributed by atoms with Gasteiger partial charge in [0.1, 0.15) is 0 Å². The van der Waals surface area contributed by atoms with Crippen LogP contribution in [-0.2, 0) is 11.2 Å². The van der Waals surface area contributed by atoms with Gasteiger partial charge in [-0.15, -0.1) is 0 Å². The van der Waals surface area contributed by atoms with Crippen LogP contribution in [0.15, 0.2) is 85.2 Å². The van der Waals surface area contributed by atoms with Crippen molar-refractivity contribution in [1.82, 2.24) is 15.0 Å². The number of anilines is 4. The Kier molecular flexibility index (Phi) is 5.19. The molecule has 8 nitrogen and oxygen atoms in total. The van der Waals surface area contributed by atoms with Crippen LogP contribution in [0, 0.1) is 0 Å². The average molecular weight is 475 g/mol. The number of para-hydroxylation sites is 1. The van der Waals surface area contributed by atoms with Crippen LogP contribution < -0.4 is 15.5 Å². The van der Waals surface area contributed by atoms with E-state index in [2.05, 4.69) is 20.6 Å².